The van der Waals surface area contributed by atoms with Gasteiger partial charge in [0.25, 0.3) is 0 Å². The third-order valence-corrected chi connectivity index (χ3v) is 4.02. The quantitative estimate of drug-likeness (QED) is 0.910. The van der Waals surface area contributed by atoms with Gasteiger partial charge in [-0.3, -0.25) is 0 Å². The maximum Gasteiger partial charge on any atom is 0.120 e. The van der Waals surface area contributed by atoms with Crippen molar-refractivity contribution >= 4 is 0 Å². The first-order valence-corrected chi connectivity index (χ1v) is 7.45. The zero-order chi connectivity index (χ0) is 14.7. The Labute approximate surface area is 125 Å². The van der Waals surface area contributed by atoms with Gasteiger partial charge >= 0.3 is 0 Å². The first kappa shape index (κ1) is 14.1. The van der Waals surface area contributed by atoms with Gasteiger partial charge in [0, 0.05) is 6.04 Å². The van der Waals surface area contributed by atoms with Crippen molar-refractivity contribution in [2.75, 3.05) is 6.54 Å². The summed E-state index contributed by atoms with van der Waals surface area (Å²) in [5, 5.41) is 13.6. The van der Waals surface area contributed by atoms with Crippen LogP contribution in [0.3, 0.4) is 0 Å². The molecule has 0 aromatic heterocycles. The Bertz CT molecular complexity index is 597. The van der Waals surface area contributed by atoms with Crippen molar-refractivity contribution < 1.29 is 9.84 Å². The lowest BCUT2D eigenvalue weighted by Crippen LogP contribution is -2.30. The molecule has 1 heterocycles. The van der Waals surface area contributed by atoms with Gasteiger partial charge in [-0.2, -0.15) is 0 Å². The molecule has 1 aliphatic rings. The first-order valence-electron chi connectivity index (χ1n) is 7.45. The molecule has 0 bridgehead atoms. The summed E-state index contributed by atoms with van der Waals surface area (Å²) in [6.45, 7) is 3.46. The third kappa shape index (κ3) is 3.26. The number of nitrogens with one attached hydrogen (secondary N) is 1. The Morgan fingerprint density at radius 2 is 2.00 bits per heavy atom. The molecule has 3 nitrogen and oxygen atoms in total. The van der Waals surface area contributed by atoms with Crippen LogP contribution in [0.4, 0.5) is 0 Å². The van der Waals surface area contributed by atoms with Crippen LogP contribution in [0.25, 0.3) is 0 Å². The average Bonchev–Trinajstić information content (AvgIpc) is 2.66. The smallest absolute Gasteiger partial charge is 0.120 e. The lowest BCUT2D eigenvalue weighted by molar-refractivity contribution is 0.140. The fourth-order valence-electron chi connectivity index (χ4n) is 2.73. The highest BCUT2D eigenvalue weighted by atomic mass is 16.5. The van der Waals surface area contributed by atoms with Crippen molar-refractivity contribution in [2.24, 2.45) is 0 Å². The number of aliphatic hydroxyl groups excluding tert-OH is 1. The van der Waals surface area contributed by atoms with Crippen LogP contribution in [0, 0.1) is 0 Å². The summed E-state index contributed by atoms with van der Waals surface area (Å²) >= 11 is 0. The van der Waals surface area contributed by atoms with Crippen LogP contribution in [0.2, 0.25) is 0 Å². The zero-order valence-corrected chi connectivity index (χ0v) is 12.3. The van der Waals surface area contributed by atoms with E-state index in [-0.39, 0.29) is 6.04 Å². The average molecular weight is 283 g/mol. The summed E-state index contributed by atoms with van der Waals surface area (Å²) in [5.41, 5.74) is 3.34. The standard InChI is InChI=1S/C18H21NO2/c1-13-18(20)17-8-7-16(11-15(17)9-10-19-13)21-12-14-5-3-2-4-6-14/h2-8,11,13,18-20H,9-10,12H2,1H3/t13-,18-/m1/s1. The molecule has 2 atom stereocenters. The van der Waals surface area contributed by atoms with Crippen LogP contribution in [0.1, 0.15) is 29.7 Å². The highest BCUT2D eigenvalue weighted by Crippen LogP contribution is 2.28. The second-order valence-corrected chi connectivity index (χ2v) is 5.57. The van der Waals surface area contributed by atoms with Crippen LogP contribution in [0.5, 0.6) is 5.75 Å². The molecule has 0 unspecified atom stereocenters. The van der Waals surface area contributed by atoms with Gasteiger partial charge in [0.15, 0.2) is 0 Å². The van der Waals surface area contributed by atoms with E-state index in [2.05, 4.69) is 23.5 Å². The van der Waals surface area contributed by atoms with Crippen molar-refractivity contribution in [3.8, 4) is 5.75 Å². The Balaban J connectivity index is 1.75. The maximum atomic E-state index is 10.3. The molecule has 0 aliphatic carbocycles. The summed E-state index contributed by atoms with van der Waals surface area (Å²) in [6.07, 6.45) is 0.463. The molecule has 0 saturated carbocycles. The summed E-state index contributed by atoms with van der Waals surface area (Å²) < 4.78 is 5.86. The lowest BCUT2D eigenvalue weighted by atomic mass is 9.98. The largest absolute Gasteiger partial charge is 0.489 e. The van der Waals surface area contributed by atoms with Gasteiger partial charge < -0.3 is 15.2 Å². The van der Waals surface area contributed by atoms with E-state index in [0.717, 1.165) is 29.8 Å². The van der Waals surface area contributed by atoms with E-state index in [1.807, 2.05) is 37.3 Å². The second kappa shape index (κ2) is 6.29. The van der Waals surface area contributed by atoms with Crippen LogP contribution in [-0.4, -0.2) is 17.7 Å². The highest BCUT2D eigenvalue weighted by molar-refractivity contribution is 5.38. The normalized spacial score (nSPS) is 21.4. The van der Waals surface area contributed by atoms with Gasteiger partial charge in [-0.25, -0.2) is 0 Å². The van der Waals surface area contributed by atoms with Gasteiger partial charge in [0.2, 0.25) is 0 Å². The number of fused-ring (bicyclic) bond motifs is 1. The summed E-state index contributed by atoms with van der Waals surface area (Å²) in [6, 6.07) is 16.2. The van der Waals surface area contributed by atoms with E-state index in [0.29, 0.717) is 6.61 Å². The minimum atomic E-state index is -0.453. The minimum absolute atomic E-state index is 0.0855. The molecule has 0 saturated heterocycles. The molecule has 3 heteroatoms. The topological polar surface area (TPSA) is 41.5 Å². The first-order chi connectivity index (χ1) is 10.2. The molecular formula is C18H21NO2. The predicted octanol–water partition coefficient (Wildman–Crippen LogP) is 2.83. The number of hydrogen-bond acceptors (Lipinski definition) is 3. The van der Waals surface area contributed by atoms with E-state index in [1.165, 1.54) is 5.56 Å². The number of benzene rings is 2. The van der Waals surface area contributed by atoms with Crippen molar-refractivity contribution in [3.05, 3.63) is 65.2 Å². The second-order valence-electron chi connectivity index (χ2n) is 5.57. The number of rotatable bonds is 3. The fraction of sp³-hybridized carbons (Fsp3) is 0.333. The molecule has 21 heavy (non-hydrogen) atoms. The Hall–Kier alpha value is -1.84. The summed E-state index contributed by atoms with van der Waals surface area (Å²) in [4.78, 5) is 0. The molecule has 110 valence electrons. The number of aliphatic hydroxyl groups is 1. The van der Waals surface area contributed by atoms with Crippen molar-refractivity contribution in [3.63, 3.8) is 0 Å². The van der Waals surface area contributed by atoms with E-state index in [4.69, 9.17) is 4.74 Å². The van der Waals surface area contributed by atoms with Gasteiger partial charge in [-0.05, 0) is 48.7 Å². The molecule has 0 spiro atoms. The zero-order valence-electron chi connectivity index (χ0n) is 12.3. The highest BCUT2D eigenvalue weighted by Gasteiger charge is 2.22. The van der Waals surface area contributed by atoms with E-state index in [9.17, 15) is 5.11 Å². The van der Waals surface area contributed by atoms with E-state index >= 15 is 0 Å². The predicted molar refractivity (Wildman–Crippen MR) is 83.3 cm³/mol. The monoisotopic (exact) mass is 283 g/mol. The summed E-state index contributed by atoms with van der Waals surface area (Å²) in [7, 11) is 0. The molecule has 1 aliphatic heterocycles. The SMILES string of the molecule is C[C@H]1NCCc2cc(OCc3ccccc3)ccc2[C@@H]1O. The molecule has 2 aromatic rings. The van der Waals surface area contributed by atoms with Crippen molar-refractivity contribution in [1.29, 1.82) is 0 Å². The number of ether oxygens (including phenoxy) is 1. The molecule has 0 radical (unpaired) electrons. The van der Waals surface area contributed by atoms with Crippen molar-refractivity contribution in [2.45, 2.75) is 32.1 Å². The molecule has 0 fully saturated rings. The fourth-order valence-corrected chi connectivity index (χ4v) is 2.73. The third-order valence-electron chi connectivity index (χ3n) is 4.02. The van der Waals surface area contributed by atoms with Crippen LogP contribution < -0.4 is 10.1 Å². The Morgan fingerprint density at radius 1 is 1.19 bits per heavy atom. The minimum Gasteiger partial charge on any atom is -0.489 e. The molecule has 3 rings (SSSR count). The van der Waals surface area contributed by atoms with Crippen LogP contribution in [-0.2, 0) is 13.0 Å². The molecular weight excluding hydrogens is 262 g/mol. The maximum absolute atomic E-state index is 10.3. The van der Waals surface area contributed by atoms with Gasteiger partial charge in [-0.15, -0.1) is 0 Å². The Kier molecular flexibility index (Phi) is 4.23. The Morgan fingerprint density at radius 3 is 2.81 bits per heavy atom. The lowest BCUT2D eigenvalue weighted by Gasteiger charge is -2.18. The van der Waals surface area contributed by atoms with E-state index < -0.39 is 6.10 Å². The van der Waals surface area contributed by atoms with Gasteiger partial charge in [-0.1, -0.05) is 36.4 Å². The van der Waals surface area contributed by atoms with E-state index in [1.54, 1.807) is 0 Å². The number of hydrogen-bond donors (Lipinski definition) is 2. The van der Waals surface area contributed by atoms with Crippen LogP contribution in [0.15, 0.2) is 48.5 Å². The molecule has 0 amide bonds. The van der Waals surface area contributed by atoms with Crippen LogP contribution >= 0.6 is 0 Å². The van der Waals surface area contributed by atoms with Crippen molar-refractivity contribution in [1.82, 2.24) is 5.32 Å². The van der Waals surface area contributed by atoms with Gasteiger partial charge in [0.1, 0.15) is 12.4 Å². The van der Waals surface area contributed by atoms with Gasteiger partial charge in [0.05, 0.1) is 6.10 Å². The summed E-state index contributed by atoms with van der Waals surface area (Å²) in [5.74, 6) is 0.861. The molecule has 2 N–H and O–H groups in total. The molecule has 2 aromatic carbocycles.